The largest absolute Gasteiger partial charge is 0.496 e. The number of hydrogen-bond acceptors (Lipinski definition) is 5. The Morgan fingerprint density at radius 3 is 2.28 bits per heavy atom. The fraction of sp³-hybridized carbons (Fsp3) is 0.708. The molecule has 0 spiro atoms. The lowest BCUT2D eigenvalue weighted by molar-refractivity contribution is 0.107. The minimum absolute atomic E-state index is 0. The zero-order valence-corrected chi connectivity index (χ0v) is 22.7. The Labute approximate surface area is 212 Å². The molecular weight excluding hydrogens is 515 g/mol. The van der Waals surface area contributed by atoms with Gasteiger partial charge in [0.1, 0.15) is 5.75 Å². The van der Waals surface area contributed by atoms with E-state index in [-0.39, 0.29) is 30.0 Å². The molecule has 3 rings (SSSR count). The Morgan fingerprint density at radius 1 is 1.00 bits per heavy atom. The fourth-order valence-corrected chi connectivity index (χ4v) is 4.74. The van der Waals surface area contributed by atoms with Crippen LogP contribution in [-0.2, 0) is 0 Å². The lowest BCUT2D eigenvalue weighted by Gasteiger charge is -2.37. The lowest BCUT2D eigenvalue weighted by atomic mass is 10.0. The van der Waals surface area contributed by atoms with Crippen molar-refractivity contribution in [2.24, 2.45) is 4.99 Å². The minimum Gasteiger partial charge on any atom is -0.496 e. The number of likely N-dealkylation sites (N-methyl/N-ethyl adjacent to an activating group) is 1. The molecule has 0 aromatic heterocycles. The van der Waals surface area contributed by atoms with Gasteiger partial charge in [-0.25, -0.2) is 0 Å². The van der Waals surface area contributed by atoms with Crippen LogP contribution in [0.4, 0.5) is 0 Å². The standard InChI is InChI=1S/C24H42N6O.HI/c1-5-28-14-16-29(17-15-28)20(2)18-26-24(25-3)27-19-22(30-12-8-9-13-30)21-10-6-7-11-23(21)31-4;/h6-7,10-11,20,22H,5,8-9,12-19H2,1-4H3,(H2,25,26,27);1H. The van der Waals surface area contributed by atoms with Crippen LogP contribution in [-0.4, -0.2) is 99.8 Å². The van der Waals surface area contributed by atoms with E-state index in [4.69, 9.17) is 4.74 Å². The number of rotatable bonds is 9. The van der Waals surface area contributed by atoms with E-state index in [0.717, 1.165) is 57.5 Å². The third kappa shape index (κ3) is 7.46. The van der Waals surface area contributed by atoms with Crippen LogP contribution in [0.2, 0.25) is 0 Å². The first-order chi connectivity index (χ1) is 15.2. The van der Waals surface area contributed by atoms with Gasteiger partial charge >= 0.3 is 0 Å². The first-order valence-corrected chi connectivity index (χ1v) is 11.9. The smallest absolute Gasteiger partial charge is 0.191 e. The molecule has 0 radical (unpaired) electrons. The number of ether oxygens (including phenoxy) is 1. The first kappa shape index (κ1) is 27.1. The van der Waals surface area contributed by atoms with E-state index in [9.17, 15) is 0 Å². The van der Waals surface area contributed by atoms with Crippen LogP contribution in [0.25, 0.3) is 0 Å². The molecule has 2 aliphatic heterocycles. The Kier molecular flexibility index (Phi) is 12.1. The summed E-state index contributed by atoms with van der Waals surface area (Å²) in [4.78, 5) is 12.1. The topological polar surface area (TPSA) is 55.4 Å². The molecule has 2 N–H and O–H groups in total. The van der Waals surface area contributed by atoms with Crippen molar-refractivity contribution in [2.45, 2.75) is 38.8 Å². The number of benzene rings is 1. The van der Waals surface area contributed by atoms with Crippen molar-refractivity contribution in [3.05, 3.63) is 29.8 Å². The predicted molar refractivity (Wildman–Crippen MR) is 144 cm³/mol. The average Bonchev–Trinajstić information content (AvgIpc) is 3.36. The van der Waals surface area contributed by atoms with E-state index in [2.05, 4.69) is 62.4 Å². The lowest BCUT2D eigenvalue weighted by Crippen LogP contribution is -2.53. The molecule has 2 atom stereocenters. The summed E-state index contributed by atoms with van der Waals surface area (Å²) in [6.07, 6.45) is 2.53. The molecule has 2 saturated heterocycles. The normalized spacial score (nSPS) is 20.4. The molecule has 32 heavy (non-hydrogen) atoms. The molecule has 1 aromatic rings. The third-order valence-corrected chi connectivity index (χ3v) is 6.81. The second-order valence-corrected chi connectivity index (χ2v) is 8.65. The predicted octanol–water partition coefficient (Wildman–Crippen LogP) is 2.64. The van der Waals surface area contributed by atoms with Crippen molar-refractivity contribution >= 4 is 29.9 Å². The summed E-state index contributed by atoms with van der Waals surface area (Å²) in [5.41, 5.74) is 1.25. The summed E-state index contributed by atoms with van der Waals surface area (Å²) in [6, 6.07) is 9.16. The quantitative estimate of drug-likeness (QED) is 0.276. The highest BCUT2D eigenvalue weighted by molar-refractivity contribution is 14.0. The van der Waals surface area contributed by atoms with Crippen LogP contribution >= 0.6 is 24.0 Å². The van der Waals surface area contributed by atoms with Crippen molar-refractivity contribution in [3.8, 4) is 5.75 Å². The van der Waals surface area contributed by atoms with Crippen molar-refractivity contribution in [2.75, 3.05) is 73.1 Å². The van der Waals surface area contributed by atoms with Crippen molar-refractivity contribution in [3.63, 3.8) is 0 Å². The Bertz CT molecular complexity index is 689. The van der Waals surface area contributed by atoms with Gasteiger partial charge in [-0.3, -0.25) is 14.8 Å². The van der Waals surface area contributed by atoms with Gasteiger partial charge in [-0.1, -0.05) is 25.1 Å². The van der Waals surface area contributed by atoms with Crippen LogP contribution in [0.1, 0.15) is 38.3 Å². The Morgan fingerprint density at radius 2 is 1.66 bits per heavy atom. The van der Waals surface area contributed by atoms with Crippen LogP contribution in [0.3, 0.4) is 0 Å². The monoisotopic (exact) mass is 558 g/mol. The highest BCUT2D eigenvalue weighted by Crippen LogP contribution is 2.31. The molecule has 0 aliphatic carbocycles. The molecule has 2 unspecified atom stereocenters. The number of piperazine rings is 1. The highest BCUT2D eigenvalue weighted by Gasteiger charge is 2.26. The molecule has 0 bridgehead atoms. The summed E-state index contributed by atoms with van der Waals surface area (Å²) >= 11 is 0. The number of halogens is 1. The van der Waals surface area contributed by atoms with E-state index in [1.165, 1.54) is 31.5 Å². The van der Waals surface area contributed by atoms with E-state index in [0.29, 0.717) is 6.04 Å². The summed E-state index contributed by atoms with van der Waals surface area (Å²) in [6.45, 7) is 14.3. The van der Waals surface area contributed by atoms with E-state index in [1.54, 1.807) is 7.11 Å². The van der Waals surface area contributed by atoms with E-state index in [1.807, 2.05) is 13.1 Å². The molecule has 2 fully saturated rings. The van der Waals surface area contributed by atoms with E-state index >= 15 is 0 Å². The maximum atomic E-state index is 5.67. The van der Waals surface area contributed by atoms with Crippen LogP contribution in [0, 0.1) is 0 Å². The molecule has 1 aromatic carbocycles. The number of methoxy groups -OCH3 is 1. The third-order valence-electron chi connectivity index (χ3n) is 6.81. The maximum absolute atomic E-state index is 5.67. The summed E-state index contributed by atoms with van der Waals surface area (Å²) < 4.78 is 5.67. The van der Waals surface area contributed by atoms with Crippen molar-refractivity contribution < 1.29 is 4.74 Å². The minimum atomic E-state index is 0. The number of aliphatic imine (C=N–C) groups is 1. The SMILES string of the molecule is CCN1CCN(C(C)CNC(=NC)NCC(c2ccccc2OC)N2CCCC2)CC1.I. The van der Waals surface area contributed by atoms with Gasteiger partial charge in [0.25, 0.3) is 0 Å². The van der Waals surface area contributed by atoms with Gasteiger partial charge in [0.2, 0.25) is 0 Å². The highest BCUT2D eigenvalue weighted by atomic mass is 127. The molecule has 8 heteroatoms. The van der Waals surface area contributed by atoms with Gasteiger partial charge in [0.15, 0.2) is 5.96 Å². The fourth-order valence-electron chi connectivity index (χ4n) is 4.74. The molecule has 0 saturated carbocycles. The van der Waals surface area contributed by atoms with Crippen LogP contribution < -0.4 is 15.4 Å². The average molecular weight is 559 g/mol. The number of nitrogens with zero attached hydrogens (tertiary/aromatic N) is 4. The summed E-state index contributed by atoms with van der Waals surface area (Å²) in [5, 5.41) is 7.14. The molecule has 182 valence electrons. The van der Waals surface area contributed by atoms with E-state index < -0.39 is 0 Å². The second-order valence-electron chi connectivity index (χ2n) is 8.65. The number of hydrogen-bond donors (Lipinski definition) is 2. The zero-order valence-electron chi connectivity index (χ0n) is 20.3. The number of likely N-dealkylation sites (tertiary alicyclic amines) is 1. The van der Waals surface area contributed by atoms with Gasteiger partial charge in [0.05, 0.1) is 13.2 Å². The van der Waals surface area contributed by atoms with Gasteiger partial charge in [0, 0.05) is 57.9 Å². The first-order valence-electron chi connectivity index (χ1n) is 11.9. The van der Waals surface area contributed by atoms with Crippen LogP contribution in [0.5, 0.6) is 5.75 Å². The molecule has 2 heterocycles. The van der Waals surface area contributed by atoms with Gasteiger partial charge in [-0.05, 0) is 45.5 Å². The summed E-state index contributed by atoms with van der Waals surface area (Å²) in [7, 11) is 3.61. The molecule has 7 nitrogen and oxygen atoms in total. The number of para-hydroxylation sites is 1. The Balaban J connectivity index is 0.00000363. The van der Waals surface area contributed by atoms with Gasteiger partial charge in [-0.2, -0.15) is 0 Å². The summed E-state index contributed by atoms with van der Waals surface area (Å²) in [5.74, 6) is 1.84. The number of guanidine groups is 1. The molecular formula is C24H43IN6O. The second kappa shape index (κ2) is 14.2. The van der Waals surface area contributed by atoms with Crippen molar-refractivity contribution in [1.29, 1.82) is 0 Å². The van der Waals surface area contributed by atoms with Crippen LogP contribution in [0.15, 0.2) is 29.3 Å². The van der Waals surface area contributed by atoms with Crippen molar-refractivity contribution in [1.82, 2.24) is 25.3 Å². The van der Waals surface area contributed by atoms with Gasteiger partial charge in [-0.15, -0.1) is 24.0 Å². The number of nitrogens with one attached hydrogen (secondary N) is 2. The Hall–Kier alpha value is -1.10. The molecule has 2 aliphatic rings. The molecule has 0 amide bonds. The maximum Gasteiger partial charge on any atom is 0.191 e. The zero-order chi connectivity index (χ0) is 22.1. The van der Waals surface area contributed by atoms with Gasteiger partial charge < -0.3 is 20.3 Å².